The maximum absolute atomic E-state index is 11.9. The Labute approximate surface area is 133 Å². The summed E-state index contributed by atoms with van der Waals surface area (Å²) < 4.78 is 9.42. The van der Waals surface area contributed by atoms with E-state index in [1.807, 2.05) is 6.92 Å². The second kappa shape index (κ2) is 6.91. The van der Waals surface area contributed by atoms with Crippen LogP contribution in [-0.4, -0.2) is 37.4 Å². The minimum Gasteiger partial charge on any atom is -0.465 e. The Hall–Kier alpha value is -2.89. The number of aromatic nitrogens is 1. The van der Waals surface area contributed by atoms with Gasteiger partial charge in [-0.15, -0.1) is 0 Å². The van der Waals surface area contributed by atoms with E-state index in [0.29, 0.717) is 29.5 Å². The number of esters is 2. The van der Waals surface area contributed by atoms with Crippen LogP contribution in [0, 0.1) is 0 Å². The summed E-state index contributed by atoms with van der Waals surface area (Å²) in [4.78, 5) is 37.6. The van der Waals surface area contributed by atoms with Gasteiger partial charge in [-0.25, -0.2) is 9.59 Å². The second-order valence-electron chi connectivity index (χ2n) is 4.80. The summed E-state index contributed by atoms with van der Waals surface area (Å²) >= 11 is 0. The fourth-order valence-electron chi connectivity index (χ4n) is 2.47. The fourth-order valence-corrected chi connectivity index (χ4v) is 2.47. The van der Waals surface area contributed by atoms with Gasteiger partial charge in [0.15, 0.2) is 6.29 Å². The molecule has 6 nitrogen and oxygen atoms in total. The van der Waals surface area contributed by atoms with Gasteiger partial charge in [0.2, 0.25) is 0 Å². The standard InChI is InChI=1S/C17H17NO5/c1-4-12-14(17(21)23-3)13(9-19)18-15(12)10-5-7-11(8-6-10)16(20)22-2/h5-9,18H,4H2,1-3H3. The first-order valence-corrected chi connectivity index (χ1v) is 7.04. The van der Waals surface area contributed by atoms with Gasteiger partial charge in [0.1, 0.15) is 0 Å². The molecular formula is C17H17NO5. The van der Waals surface area contributed by atoms with Crippen molar-refractivity contribution in [3.8, 4) is 11.3 Å². The number of hydrogen-bond acceptors (Lipinski definition) is 5. The summed E-state index contributed by atoms with van der Waals surface area (Å²) in [7, 11) is 2.59. The summed E-state index contributed by atoms with van der Waals surface area (Å²) in [6.07, 6.45) is 1.14. The molecule has 6 heteroatoms. The van der Waals surface area contributed by atoms with E-state index in [1.54, 1.807) is 24.3 Å². The van der Waals surface area contributed by atoms with Crippen molar-refractivity contribution in [1.29, 1.82) is 0 Å². The van der Waals surface area contributed by atoms with E-state index in [1.165, 1.54) is 14.2 Å². The highest BCUT2D eigenvalue weighted by Gasteiger charge is 2.23. The van der Waals surface area contributed by atoms with Crippen LogP contribution in [-0.2, 0) is 15.9 Å². The number of H-pyrrole nitrogens is 1. The number of aldehydes is 1. The van der Waals surface area contributed by atoms with Gasteiger partial charge in [-0.05, 0) is 29.7 Å². The molecule has 0 aliphatic heterocycles. The number of ether oxygens (including phenoxy) is 2. The lowest BCUT2D eigenvalue weighted by Crippen LogP contribution is -2.06. The molecule has 0 amide bonds. The van der Waals surface area contributed by atoms with Crippen molar-refractivity contribution in [3.05, 3.63) is 46.6 Å². The van der Waals surface area contributed by atoms with Crippen LogP contribution in [0.5, 0.6) is 0 Å². The number of carbonyl (C=O) groups excluding carboxylic acids is 3. The molecule has 1 N–H and O–H groups in total. The molecule has 0 saturated heterocycles. The van der Waals surface area contributed by atoms with Crippen LogP contribution >= 0.6 is 0 Å². The summed E-state index contributed by atoms with van der Waals surface area (Å²) in [5.41, 5.74) is 2.96. The molecule has 0 unspecified atom stereocenters. The van der Waals surface area contributed by atoms with E-state index in [0.717, 1.165) is 5.56 Å². The zero-order valence-electron chi connectivity index (χ0n) is 13.1. The number of methoxy groups -OCH3 is 2. The Bertz CT molecular complexity index is 743. The number of aromatic amines is 1. The van der Waals surface area contributed by atoms with Crippen molar-refractivity contribution in [2.24, 2.45) is 0 Å². The molecule has 0 spiro atoms. The monoisotopic (exact) mass is 315 g/mol. The lowest BCUT2D eigenvalue weighted by Gasteiger charge is -2.05. The molecule has 0 radical (unpaired) electrons. The van der Waals surface area contributed by atoms with Gasteiger partial charge in [-0.3, -0.25) is 4.79 Å². The molecule has 1 heterocycles. The zero-order chi connectivity index (χ0) is 17.0. The topological polar surface area (TPSA) is 85.5 Å². The van der Waals surface area contributed by atoms with Gasteiger partial charge in [0.05, 0.1) is 36.7 Å². The highest BCUT2D eigenvalue weighted by atomic mass is 16.5. The Morgan fingerprint density at radius 1 is 1.09 bits per heavy atom. The van der Waals surface area contributed by atoms with Gasteiger partial charge in [0.25, 0.3) is 0 Å². The second-order valence-corrected chi connectivity index (χ2v) is 4.80. The van der Waals surface area contributed by atoms with E-state index in [-0.39, 0.29) is 11.3 Å². The maximum Gasteiger partial charge on any atom is 0.340 e. The lowest BCUT2D eigenvalue weighted by atomic mass is 10.0. The van der Waals surface area contributed by atoms with Crippen LogP contribution in [0.1, 0.15) is 43.7 Å². The number of carbonyl (C=O) groups is 3. The van der Waals surface area contributed by atoms with Gasteiger partial charge in [-0.2, -0.15) is 0 Å². The summed E-state index contributed by atoms with van der Waals surface area (Å²) in [5, 5.41) is 0. The molecule has 0 fully saturated rings. The van der Waals surface area contributed by atoms with Gasteiger partial charge in [0, 0.05) is 0 Å². The number of nitrogens with one attached hydrogen (secondary N) is 1. The van der Waals surface area contributed by atoms with Gasteiger partial charge < -0.3 is 14.5 Å². The summed E-state index contributed by atoms with van der Waals surface area (Å²) in [5.74, 6) is -0.986. The predicted octanol–water partition coefficient (Wildman–Crippen LogP) is 2.63. The number of hydrogen-bond donors (Lipinski definition) is 1. The minimum absolute atomic E-state index is 0.181. The normalized spacial score (nSPS) is 10.2. The van der Waals surface area contributed by atoms with Gasteiger partial charge in [-0.1, -0.05) is 19.1 Å². The Kier molecular flexibility index (Phi) is 4.95. The third-order valence-corrected chi connectivity index (χ3v) is 3.59. The molecule has 2 aromatic rings. The molecule has 0 atom stereocenters. The van der Waals surface area contributed by atoms with E-state index in [9.17, 15) is 14.4 Å². The van der Waals surface area contributed by atoms with Crippen molar-refractivity contribution < 1.29 is 23.9 Å². The Morgan fingerprint density at radius 3 is 2.17 bits per heavy atom. The zero-order valence-corrected chi connectivity index (χ0v) is 13.1. The maximum atomic E-state index is 11.9. The first kappa shape index (κ1) is 16.5. The predicted molar refractivity (Wildman–Crippen MR) is 83.7 cm³/mol. The van der Waals surface area contributed by atoms with Crippen LogP contribution in [0.25, 0.3) is 11.3 Å². The average molecular weight is 315 g/mol. The molecule has 0 bridgehead atoms. The van der Waals surface area contributed by atoms with E-state index >= 15 is 0 Å². The van der Waals surface area contributed by atoms with Crippen molar-refractivity contribution >= 4 is 18.2 Å². The van der Waals surface area contributed by atoms with Crippen molar-refractivity contribution in [2.45, 2.75) is 13.3 Å². The van der Waals surface area contributed by atoms with E-state index in [2.05, 4.69) is 9.72 Å². The molecule has 0 saturated carbocycles. The highest BCUT2D eigenvalue weighted by molar-refractivity contribution is 6.01. The number of rotatable bonds is 5. The van der Waals surface area contributed by atoms with Crippen LogP contribution in [0.2, 0.25) is 0 Å². The van der Waals surface area contributed by atoms with Crippen molar-refractivity contribution in [1.82, 2.24) is 4.98 Å². The largest absolute Gasteiger partial charge is 0.465 e. The fraction of sp³-hybridized carbons (Fsp3) is 0.235. The molecule has 0 aliphatic rings. The third kappa shape index (κ3) is 3.01. The Morgan fingerprint density at radius 2 is 1.70 bits per heavy atom. The van der Waals surface area contributed by atoms with Crippen LogP contribution in [0.4, 0.5) is 0 Å². The molecule has 0 aliphatic carbocycles. The quantitative estimate of drug-likeness (QED) is 0.677. The highest BCUT2D eigenvalue weighted by Crippen LogP contribution is 2.29. The SMILES string of the molecule is CCc1c(-c2ccc(C(=O)OC)cc2)[nH]c(C=O)c1C(=O)OC. The lowest BCUT2D eigenvalue weighted by molar-refractivity contribution is 0.0590. The molecule has 23 heavy (non-hydrogen) atoms. The molecule has 120 valence electrons. The molecule has 1 aromatic heterocycles. The molecular weight excluding hydrogens is 298 g/mol. The average Bonchev–Trinajstić information content (AvgIpc) is 2.99. The minimum atomic E-state index is -0.558. The van der Waals surface area contributed by atoms with Crippen molar-refractivity contribution in [3.63, 3.8) is 0 Å². The van der Waals surface area contributed by atoms with Gasteiger partial charge >= 0.3 is 11.9 Å². The van der Waals surface area contributed by atoms with Crippen LogP contribution < -0.4 is 0 Å². The smallest absolute Gasteiger partial charge is 0.340 e. The summed E-state index contributed by atoms with van der Waals surface area (Å²) in [6.45, 7) is 1.89. The molecule has 2 rings (SSSR count). The Balaban J connectivity index is 2.55. The third-order valence-electron chi connectivity index (χ3n) is 3.59. The van der Waals surface area contributed by atoms with Crippen LogP contribution in [0.15, 0.2) is 24.3 Å². The van der Waals surface area contributed by atoms with E-state index in [4.69, 9.17) is 4.74 Å². The van der Waals surface area contributed by atoms with Crippen molar-refractivity contribution in [2.75, 3.05) is 14.2 Å². The van der Waals surface area contributed by atoms with E-state index < -0.39 is 11.9 Å². The van der Waals surface area contributed by atoms with Crippen LogP contribution in [0.3, 0.4) is 0 Å². The summed E-state index contributed by atoms with van der Waals surface area (Å²) in [6, 6.07) is 6.71. The number of benzene rings is 1. The first-order valence-electron chi connectivity index (χ1n) is 7.04. The molecule has 1 aromatic carbocycles. The first-order chi connectivity index (χ1) is 11.1.